The zero-order valence-corrected chi connectivity index (χ0v) is 14.4. The van der Waals surface area contributed by atoms with E-state index in [9.17, 15) is 4.79 Å². The number of amides is 1. The minimum absolute atomic E-state index is 0.220. The lowest BCUT2D eigenvalue weighted by atomic mass is 10.00. The van der Waals surface area contributed by atoms with Crippen molar-refractivity contribution in [2.24, 2.45) is 5.92 Å². The summed E-state index contributed by atoms with van der Waals surface area (Å²) in [4.78, 5) is 17.8. The van der Waals surface area contributed by atoms with Crippen LogP contribution in [0.25, 0.3) is 0 Å². The molecule has 2 saturated heterocycles. The lowest BCUT2D eigenvalue weighted by molar-refractivity contribution is -0.137. The fourth-order valence-electron chi connectivity index (χ4n) is 4.31. The number of hydrogen-bond donors (Lipinski definition) is 0. The molecule has 0 radical (unpaired) electrons. The molecule has 1 aromatic rings. The zero-order chi connectivity index (χ0) is 16.4. The van der Waals surface area contributed by atoms with Crippen LogP contribution < -0.4 is 0 Å². The van der Waals surface area contributed by atoms with Gasteiger partial charge in [-0.15, -0.1) is 0 Å². The van der Waals surface area contributed by atoms with Crippen LogP contribution in [0.15, 0.2) is 30.3 Å². The SMILES string of the molecule is O=C([C@@H]1C[C@H]1c1ccccc1)N1CCCC[C@H]1CN1CCOCC1. The first-order chi connectivity index (χ1) is 11.8. The van der Waals surface area contributed by atoms with Crippen molar-refractivity contribution in [1.82, 2.24) is 9.80 Å². The van der Waals surface area contributed by atoms with Gasteiger partial charge in [0.05, 0.1) is 13.2 Å². The van der Waals surface area contributed by atoms with E-state index in [-0.39, 0.29) is 5.92 Å². The van der Waals surface area contributed by atoms with E-state index in [0.717, 1.165) is 58.7 Å². The van der Waals surface area contributed by atoms with Gasteiger partial charge in [0.15, 0.2) is 0 Å². The highest BCUT2D eigenvalue weighted by molar-refractivity contribution is 5.83. The molecule has 24 heavy (non-hydrogen) atoms. The van der Waals surface area contributed by atoms with E-state index >= 15 is 0 Å². The predicted molar refractivity (Wildman–Crippen MR) is 93.9 cm³/mol. The third-order valence-electron chi connectivity index (χ3n) is 5.82. The average molecular weight is 328 g/mol. The molecule has 4 nitrogen and oxygen atoms in total. The Balaban J connectivity index is 1.38. The van der Waals surface area contributed by atoms with Crippen LogP contribution in [-0.4, -0.2) is 61.1 Å². The van der Waals surface area contributed by atoms with Crippen LogP contribution in [0.5, 0.6) is 0 Å². The van der Waals surface area contributed by atoms with E-state index < -0.39 is 0 Å². The van der Waals surface area contributed by atoms with Gasteiger partial charge >= 0.3 is 0 Å². The highest BCUT2D eigenvalue weighted by atomic mass is 16.5. The minimum Gasteiger partial charge on any atom is -0.379 e. The normalized spacial score (nSPS) is 31.0. The number of morpholine rings is 1. The fraction of sp³-hybridized carbons (Fsp3) is 0.650. The van der Waals surface area contributed by atoms with Gasteiger partial charge in [-0.2, -0.15) is 0 Å². The second-order valence-electron chi connectivity index (χ2n) is 7.45. The van der Waals surface area contributed by atoms with Gasteiger partial charge in [-0.1, -0.05) is 30.3 Å². The number of hydrogen-bond acceptors (Lipinski definition) is 3. The largest absolute Gasteiger partial charge is 0.379 e. The summed E-state index contributed by atoms with van der Waals surface area (Å²) in [6.45, 7) is 5.66. The van der Waals surface area contributed by atoms with Crippen LogP contribution in [0.1, 0.15) is 37.2 Å². The van der Waals surface area contributed by atoms with Crippen LogP contribution in [0.4, 0.5) is 0 Å². The molecule has 3 aliphatic rings. The Morgan fingerprint density at radius 1 is 1.08 bits per heavy atom. The van der Waals surface area contributed by atoms with Crippen molar-refractivity contribution < 1.29 is 9.53 Å². The summed E-state index contributed by atoms with van der Waals surface area (Å²) in [5, 5.41) is 0. The molecule has 4 heteroatoms. The lowest BCUT2D eigenvalue weighted by Crippen LogP contribution is -2.51. The van der Waals surface area contributed by atoms with Crippen LogP contribution in [-0.2, 0) is 9.53 Å². The number of carbonyl (C=O) groups excluding carboxylic acids is 1. The van der Waals surface area contributed by atoms with E-state index in [1.165, 1.54) is 12.0 Å². The van der Waals surface area contributed by atoms with Crippen molar-refractivity contribution in [2.75, 3.05) is 39.4 Å². The Morgan fingerprint density at radius 2 is 1.88 bits per heavy atom. The Kier molecular flexibility index (Phi) is 4.86. The monoisotopic (exact) mass is 328 g/mol. The molecular formula is C20H28N2O2. The number of rotatable bonds is 4. The Labute approximate surface area is 144 Å². The third kappa shape index (κ3) is 3.50. The molecule has 3 atom stereocenters. The first kappa shape index (κ1) is 16.1. The minimum atomic E-state index is 0.220. The summed E-state index contributed by atoms with van der Waals surface area (Å²) in [6, 6.07) is 10.9. The molecule has 0 bridgehead atoms. The standard InChI is InChI=1S/C20H28N2O2/c23-20(19-14-18(19)16-6-2-1-3-7-16)22-9-5-4-8-17(22)15-21-10-12-24-13-11-21/h1-3,6-7,17-19H,4-5,8-15H2/t17-,18-,19+/m0/s1. The van der Waals surface area contributed by atoms with Gasteiger partial charge in [-0.3, -0.25) is 9.69 Å². The molecule has 1 aliphatic carbocycles. The third-order valence-corrected chi connectivity index (χ3v) is 5.82. The van der Waals surface area contributed by atoms with Crippen molar-refractivity contribution in [3.8, 4) is 0 Å². The van der Waals surface area contributed by atoms with Crippen molar-refractivity contribution in [3.05, 3.63) is 35.9 Å². The van der Waals surface area contributed by atoms with Crippen LogP contribution in [0, 0.1) is 5.92 Å². The molecule has 4 rings (SSSR count). The van der Waals surface area contributed by atoms with Crippen molar-refractivity contribution >= 4 is 5.91 Å². The summed E-state index contributed by atoms with van der Waals surface area (Å²) in [6.07, 6.45) is 4.61. The Bertz CT molecular complexity index is 556. The second-order valence-corrected chi connectivity index (χ2v) is 7.45. The molecule has 0 spiro atoms. The van der Waals surface area contributed by atoms with Crippen LogP contribution in [0.2, 0.25) is 0 Å². The quantitative estimate of drug-likeness (QED) is 0.851. The second kappa shape index (κ2) is 7.24. The maximum absolute atomic E-state index is 13.1. The van der Waals surface area contributed by atoms with Crippen molar-refractivity contribution in [2.45, 2.75) is 37.6 Å². The molecule has 2 aliphatic heterocycles. The van der Waals surface area contributed by atoms with E-state index in [4.69, 9.17) is 4.74 Å². The predicted octanol–water partition coefficient (Wildman–Crippen LogP) is 2.50. The molecule has 1 aromatic carbocycles. The molecule has 2 heterocycles. The molecular weight excluding hydrogens is 300 g/mol. The van der Waals surface area contributed by atoms with Gasteiger partial charge in [0.2, 0.25) is 5.91 Å². The number of nitrogens with zero attached hydrogens (tertiary/aromatic N) is 2. The summed E-state index contributed by atoms with van der Waals surface area (Å²) in [5.74, 6) is 1.07. The first-order valence-electron chi connectivity index (χ1n) is 9.48. The highest BCUT2D eigenvalue weighted by Crippen LogP contribution is 2.48. The topological polar surface area (TPSA) is 32.8 Å². The van der Waals surface area contributed by atoms with Gasteiger partial charge < -0.3 is 9.64 Å². The molecule has 0 N–H and O–H groups in total. The summed E-state index contributed by atoms with van der Waals surface area (Å²) in [7, 11) is 0. The molecule has 1 saturated carbocycles. The Morgan fingerprint density at radius 3 is 2.67 bits per heavy atom. The summed E-state index contributed by atoms with van der Waals surface area (Å²) in [5.41, 5.74) is 1.33. The van der Waals surface area contributed by atoms with E-state index in [1.54, 1.807) is 0 Å². The molecule has 130 valence electrons. The van der Waals surface area contributed by atoms with Crippen molar-refractivity contribution in [1.29, 1.82) is 0 Å². The van der Waals surface area contributed by atoms with Crippen LogP contribution >= 0.6 is 0 Å². The average Bonchev–Trinajstić information content (AvgIpc) is 3.44. The number of carbonyl (C=O) groups is 1. The number of benzene rings is 1. The Hall–Kier alpha value is -1.39. The van der Waals surface area contributed by atoms with Gasteiger partial charge in [0.1, 0.15) is 0 Å². The smallest absolute Gasteiger partial charge is 0.226 e. The fourth-order valence-corrected chi connectivity index (χ4v) is 4.31. The molecule has 0 unspecified atom stereocenters. The van der Waals surface area contributed by atoms with Gasteiger partial charge in [-0.05, 0) is 37.2 Å². The van der Waals surface area contributed by atoms with Gasteiger partial charge in [-0.25, -0.2) is 0 Å². The molecule has 1 amide bonds. The van der Waals surface area contributed by atoms with Crippen molar-refractivity contribution in [3.63, 3.8) is 0 Å². The maximum Gasteiger partial charge on any atom is 0.226 e. The first-order valence-corrected chi connectivity index (χ1v) is 9.48. The van der Waals surface area contributed by atoms with Gasteiger partial charge in [0.25, 0.3) is 0 Å². The summed E-state index contributed by atoms with van der Waals surface area (Å²) >= 11 is 0. The maximum atomic E-state index is 13.1. The number of piperidine rings is 1. The lowest BCUT2D eigenvalue weighted by Gasteiger charge is -2.40. The number of likely N-dealkylation sites (tertiary alicyclic amines) is 1. The van der Waals surface area contributed by atoms with Gasteiger partial charge in [0, 0.05) is 38.1 Å². The molecule has 0 aromatic heterocycles. The van der Waals surface area contributed by atoms with Crippen LogP contribution in [0.3, 0.4) is 0 Å². The van der Waals surface area contributed by atoms with E-state index in [0.29, 0.717) is 17.9 Å². The number of ether oxygens (including phenoxy) is 1. The van der Waals surface area contributed by atoms with E-state index in [1.807, 2.05) is 6.07 Å². The molecule has 3 fully saturated rings. The zero-order valence-electron chi connectivity index (χ0n) is 14.4. The van der Waals surface area contributed by atoms with E-state index in [2.05, 4.69) is 34.1 Å². The highest BCUT2D eigenvalue weighted by Gasteiger charge is 2.47. The summed E-state index contributed by atoms with van der Waals surface area (Å²) < 4.78 is 5.45.